The van der Waals surface area contributed by atoms with Crippen molar-refractivity contribution in [3.63, 3.8) is 0 Å². The maximum absolute atomic E-state index is 5.67. The molecule has 0 aromatic carbocycles. The molecule has 0 amide bonds. The number of nitrogens with two attached hydrogens (primary N) is 9. The zero-order valence-corrected chi connectivity index (χ0v) is 57.2. The van der Waals surface area contributed by atoms with Gasteiger partial charge in [0.2, 0.25) is 0 Å². The lowest BCUT2D eigenvalue weighted by atomic mass is 9.98. The van der Waals surface area contributed by atoms with Crippen LogP contribution in [0, 0.1) is 95.2 Å². The van der Waals surface area contributed by atoms with E-state index in [1.165, 1.54) is 6.42 Å². The lowest BCUT2D eigenvalue weighted by Crippen LogP contribution is -2.31. The molecule has 77 heavy (non-hydrogen) atoms. The monoisotopic (exact) mass is 1080 g/mol. The molecule has 0 spiro atoms. The molecule has 0 fully saturated rings. The van der Waals surface area contributed by atoms with Crippen molar-refractivity contribution >= 4 is 0 Å². The van der Waals surface area contributed by atoms with Crippen LogP contribution in [0.5, 0.6) is 0 Å². The Hall–Kier alpha value is -3.96. The SMILES string of the molecule is C#CC(C)(C)C.C#CC(C)(C)N.C#CCC(C)(C)N.C/C=C\C(C)(C)N.CC#CC(C)(C)C.CC#CC(C)(C)N.CC#CCC(C)(C)N.CC#CCC(C)(C)N.CC=CCC(C)(C)N.CCC(C)(C)N.CCCC(C)(C)N. The summed E-state index contributed by atoms with van der Waals surface area (Å²) in [5.74, 6) is 30.3. The van der Waals surface area contributed by atoms with Crippen molar-refractivity contribution in [1.29, 1.82) is 0 Å². The Morgan fingerprint density at radius 2 is 0.701 bits per heavy atom. The Labute approximate surface area is 485 Å². The van der Waals surface area contributed by atoms with Crippen LogP contribution in [-0.4, -0.2) is 49.9 Å². The fraction of sp³-hybridized carbons (Fsp3) is 0.735. The molecule has 0 aliphatic carbocycles. The number of allylic oxidation sites excluding steroid dienone is 2. The summed E-state index contributed by atoms with van der Waals surface area (Å²) in [6.45, 7) is 63.0. The van der Waals surface area contributed by atoms with E-state index >= 15 is 0 Å². The predicted octanol–water partition coefficient (Wildman–Crippen LogP) is 13.5. The first-order chi connectivity index (χ1) is 33.7. The first-order valence-corrected chi connectivity index (χ1v) is 27.1. The minimum absolute atomic E-state index is 0.0352. The molecule has 0 atom stereocenters. The molecule has 0 unspecified atom stereocenters. The Morgan fingerprint density at radius 1 is 0.390 bits per heavy atom. The highest BCUT2D eigenvalue weighted by molar-refractivity contribution is 5.10. The third kappa shape index (κ3) is 220. The molecule has 18 N–H and O–H groups in total. The van der Waals surface area contributed by atoms with Gasteiger partial charge in [-0.15, -0.1) is 66.6 Å². The van der Waals surface area contributed by atoms with Gasteiger partial charge in [-0.1, -0.05) is 62.3 Å². The average molecular weight is 1080 g/mol. The lowest BCUT2D eigenvalue weighted by Gasteiger charge is -2.15. The molecule has 0 rings (SSSR count). The van der Waals surface area contributed by atoms with Crippen molar-refractivity contribution < 1.29 is 0 Å². The van der Waals surface area contributed by atoms with Gasteiger partial charge in [0.25, 0.3) is 0 Å². The summed E-state index contributed by atoms with van der Waals surface area (Å²) in [5, 5.41) is 0. The first kappa shape index (κ1) is 98.5. The fourth-order valence-corrected chi connectivity index (χ4v) is 3.09. The molecular weight excluding hydrogens is 943 g/mol. The van der Waals surface area contributed by atoms with Crippen molar-refractivity contribution in [2.75, 3.05) is 0 Å². The molecule has 0 aliphatic heterocycles. The summed E-state index contributed by atoms with van der Waals surface area (Å²) in [4.78, 5) is 0. The molecule has 9 heteroatoms. The second kappa shape index (κ2) is 51.5. The van der Waals surface area contributed by atoms with Crippen LogP contribution in [0.15, 0.2) is 24.3 Å². The van der Waals surface area contributed by atoms with E-state index in [1.54, 1.807) is 20.8 Å². The van der Waals surface area contributed by atoms with E-state index in [0.29, 0.717) is 6.42 Å². The van der Waals surface area contributed by atoms with Gasteiger partial charge in [-0.25, -0.2) is 0 Å². The molecule has 0 bridgehead atoms. The largest absolute Gasteiger partial charge is 0.326 e. The summed E-state index contributed by atoms with van der Waals surface area (Å²) >= 11 is 0. The van der Waals surface area contributed by atoms with Crippen molar-refractivity contribution in [1.82, 2.24) is 0 Å². The molecule has 0 saturated carbocycles. The lowest BCUT2D eigenvalue weighted by molar-refractivity contribution is 0.470. The predicted molar refractivity (Wildman–Crippen MR) is 357 cm³/mol. The Kier molecular flexibility index (Phi) is 65.8. The summed E-state index contributed by atoms with van der Waals surface area (Å²) in [6.07, 6.45) is 29.5. The van der Waals surface area contributed by atoms with Gasteiger partial charge in [0.05, 0.1) is 11.1 Å². The van der Waals surface area contributed by atoms with Crippen LogP contribution >= 0.6 is 0 Å². The maximum Gasteiger partial charge on any atom is 0.0718 e. The van der Waals surface area contributed by atoms with Crippen molar-refractivity contribution in [3.8, 4) is 84.4 Å². The van der Waals surface area contributed by atoms with Crippen LogP contribution in [-0.2, 0) is 0 Å². The van der Waals surface area contributed by atoms with E-state index in [1.807, 2.05) is 171 Å². The number of rotatable bonds is 9. The van der Waals surface area contributed by atoms with Crippen LogP contribution in [0.3, 0.4) is 0 Å². The van der Waals surface area contributed by atoms with Gasteiger partial charge < -0.3 is 51.6 Å². The summed E-state index contributed by atoms with van der Waals surface area (Å²) in [5.41, 5.74) is 48.9. The highest BCUT2D eigenvalue weighted by atomic mass is 14.7. The molecule has 0 saturated heterocycles. The van der Waals surface area contributed by atoms with Gasteiger partial charge >= 0.3 is 0 Å². The third-order valence-corrected chi connectivity index (χ3v) is 7.03. The molecule has 0 aromatic heterocycles. The molecular formula is C68H135N9. The van der Waals surface area contributed by atoms with E-state index < -0.39 is 5.54 Å². The summed E-state index contributed by atoms with van der Waals surface area (Å²) in [6, 6.07) is 0. The second-order valence-electron chi connectivity index (χ2n) is 26.7. The van der Waals surface area contributed by atoms with E-state index in [9.17, 15) is 0 Å². The van der Waals surface area contributed by atoms with Crippen molar-refractivity contribution in [2.45, 2.75) is 316 Å². The van der Waals surface area contributed by atoms with Crippen LogP contribution < -0.4 is 51.6 Å². The Morgan fingerprint density at radius 3 is 0.727 bits per heavy atom. The maximum atomic E-state index is 5.67. The average Bonchev–Trinajstić information content (AvgIpc) is 3.17. The van der Waals surface area contributed by atoms with E-state index in [-0.39, 0.29) is 55.1 Å². The van der Waals surface area contributed by atoms with Gasteiger partial charge in [-0.05, 0) is 227 Å². The number of hydrogen-bond donors (Lipinski definition) is 9. The quantitative estimate of drug-likeness (QED) is 0.0788. The zero-order chi connectivity index (χ0) is 65.1. The molecule has 0 radical (unpaired) electrons. The minimum atomic E-state index is -0.431. The number of hydrogen-bond acceptors (Lipinski definition) is 9. The normalized spacial score (nSPS) is 11.0. The Bertz CT molecular complexity index is 1700. The summed E-state index contributed by atoms with van der Waals surface area (Å²) < 4.78 is 0. The minimum Gasteiger partial charge on any atom is -0.326 e. The first-order valence-electron chi connectivity index (χ1n) is 27.1. The van der Waals surface area contributed by atoms with Crippen LogP contribution in [0.1, 0.15) is 267 Å². The topological polar surface area (TPSA) is 234 Å². The number of terminal acetylenes is 3. The van der Waals surface area contributed by atoms with E-state index in [0.717, 1.165) is 32.1 Å². The highest BCUT2D eigenvalue weighted by Crippen LogP contribution is 2.10. The van der Waals surface area contributed by atoms with E-state index in [2.05, 4.69) is 120 Å². The zero-order valence-electron chi connectivity index (χ0n) is 57.2. The second-order valence-corrected chi connectivity index (χ2v) is 26.7. The Balaban J connectivity index is -0.0000000692. The molecule has 0 aromatic rings. The van der Waals surface area contributed by atoms with Crippen LogP contribution in [0.2, 0.25) is 0 Å². The highest BCUT2D eigenvalue weighted by Gasteiger charge is 2.09. The van der Waals surface area contributed by atoms with E-state index in [4.69, 9.17) is 70.9 Å². The van der Waals surface area contributed by atoms with Gasteiger partial charge in [0, 0.05) is 68.9 Å². The van der Waals surface area contributed by atoms with Gasteiger partial charge in [0.1, 0.15) is 0 Å². The third-order valence-electron chi connectivity index (χ3n) is 7.03. The van der Waals surface area contributed by atoms with Gasteiger partial charge in [-0.3, -0.25) is 0 Å². The molecule has 0 aliphatic rings. The fourth-order valence-electron chi connectivity index (χ4n) is 3.09. The van der Waals surface area contributed by atoms with Gasteiger partial charge in [0.15, 0.2) is 0 Å². The van der Waals surface area contributed by atoms with Gasteiger partial charge in [-0.2, -0.15) is 0 Å². The molecule has 0 heterocycles. The molecule has 452 valence electrons. The van der Waals surface area contributed by atoms with Crippen molar-refractivity contribution in [3.05, 3.63) is 24.3 Å². The van der Waals surface area contributed by atoms with Crippen LogP contribution in [0.4, 0.5) is 0 Å². The summed E-state index contributed by atoms with van der Waals surface area (Å²) in [7, 11) is 0. The smallest absolute Gasteiger partial charge is 0.0718 e. The van der Waals surface area contributed by atoms with Crippen molar-refractivity contribution in [2.24, 2.45) is 62.4 Å². The standard InChI is InChI=1S/C7H15N.2C7H13N.C7H12.C6H15N.C6H13N.2C6H11N.C6H10.C5H13N.C5H9N/c3*1-4-5-6-7(2,3)8;1-5-6-7(2,3)4;4*1-4-5-6(2,3)7;1-5-6(2,3)4;2*1-4-5(2,3)6/h4-5H,6,8H2,1-3H3;2*6,8H2,1-3H3;1-4H3;4-5,7H2,1-3H3;4-5H,7H2,1-3H3;7H2,1-3H3;1H,5,7H2,2-3H3;1H,2-4H3;4,6H2,1-3H3;1H,6H2,2-3H3/b;;;;;5-4-;;;;;. The molecule has 9 nitrogen and oxygen atoms in total. The van der Waals surface area contributed by atoms with Crippen LogP contribution in [0.25, 0.3) is 0 Å².